The van der Waals surface area contributed by atoms with E-state index < -0.39 is 0 Å². The lowest BCUT2D eigenvalue weighted by Gasteiger charge is -2.29. The number of hydrogen-bond donors (Lipinski definition) is 1. The summed E-state index contributed by atoms with van der Waals surface area (Å²) in [6.45, 7) is 12.4. The van der Waals surface area contributed by atoms with E-state index in [1.165, 1.54) is 0 Å². The Morgan fingerprint density at radius 3 is 2.60 bits per heavy atom. The summed E-state index contributed by atoms with van der Waals surface area (Å²) in [6, 6.07) is 0. The number of nitrogens with zero attached hydrogens (tertiary/aromatic N) is 3. The number of likely N-dealkylation sites (N-methyl/N-ethyl adjacent to an activating group) is 1. The topological polar surface area (TPSA) is 78.3 Å². The maximum absolute atomic E-state index is 11.1. The Morgan fingerprint density at radius 2 is 1.96 bits per heavy atom. The molecule has 7 heteroatoms. The van der Waals surface area contributed by atoms with Crippen LogP contribution in [0.15, 0.2) is 6.20 Å². The second kappa shape index (κ2) is 9.99. The Hall–Kier alpha value is -1.31. The summed E-state index contributed by atoms with van der Waals surface area (Å²) >= 11 is 0. The van der Waals surface area contributed by atoms with E-state index in [9.17, 15) is 4.79 Å². The third kappa shape index (κ3) is 8.56. The molecule has 0 fully saturated rings. The van der Waals surface area contributed by atoms with Crippen molar-refractivity contribution >= 4 is 5.78 Å². The number of aromatic nitrogens is 3. The number of nitrogens with one attached hydrogen (secondary N) is 1. The van der Waals surface area contributed by atoms with E-state index in [2.05, 4.69) is 29.5 Å². The van der Waals surface area contributed by atoms with E-state index in [1.54, 1.807) is 6.92 Å². The number of Topliss-reactive ketones (excluding diaryl/α,β-unsaturated/α-hetero) is 1. The van der Waals surface area contributed by atoms with E-state index in [0.29, 0.717) is 26.2 Å². The first-order chi connectivity index (χ1) is 11.7. The quantitative estimate of drug-likeness (QED) is 0.548. The van der Waals surface area contributed by atoms with Crippen LogP contribution in [0.5, 0.6) is 0 Å². The molecule has 0 amide bonds. The molecule has 0 bridgehead atoms. The second-order valence-corrected chi connectivity index (χ2v) is 7.68. The molecule has 0 saturated heterocycles. The highest BCUT2D eigenvalue weighted by molar-refractivity contribution is 5.75. The molecule has 0 spiro atoms. The Kier molecular flexibility index (Phi) is 8.68. The lowest BCUT2D eigenvalue weighted by molar-refractivity contribution is -0.119. The maximum atomic E-state index is 11.1. The van der Waals surface area contributed by atoms with Crippen LogP contribution >= 0.6 is 0 Å². The van der Waals surface area contributed by atoms with Gasteiger partial charge in [-0.2, -0.15) is 0 Å². The number of rotatable bonds is 13. The van der Waals surface area contributed by atoms with Gasteiger partial charge >= 0.3 is 0 Å². The van der Waals surface area contributed by atoms with Crippen molar-refractivity contribution in [2.45, 2.75) is 71.6 Å². The van der Waals surface area contributed by atoms with Gasteiger partial charge in [0.2, 0.25) is 0 Å². The molecule has 0 unspecified atom stereocenters. The molecule has 7 nitrogen and oxygen atoms in total. The average Bonchev–Trinajstić information content (AvgIpc) is 2.99. The highest BCUT2D eigenvalue weighted by Gasteiger charge is 2.25. The Morgan fingerprint density at radius 1 is 1.24 bits per heavy atom. The Labute approximate surface area is 151 Å². The molecular weight excluding hydrogens is 320 g/mol. The zero-order valence-electron chi connectivity index (χ0n) is 16.6. The molecule has 0 saturated carbocycles. The summed E-state index contributed by atoms with van der Waals surface area (Å²) in [6.07, 6.45) is 4.02. The summed E-state index contributed by atoms with van der Waals surface area (Å²) in [5, 5.41) is 11.4. The van der Waals surface area contributed by atoms with E-state index in [-0.39, 0.29) is 16.9 Å². The molecule has 25 heavy (non-hydrogen) atoms. The number of carbonyl (C=O) groups is 1. The maximum Gasteiger partial charge on any atom is 0.129 e. The van der Waals surface area contributed by atoms with Crippen LogP contribution in [0.4, 0.5) is 0 Å². The summed E-state index contributed by atoms with van der Waals surface area (Å²) in [5.41, 5.74) is 0.329. The van der Waals surface area contributed by atoms with E-state index in [4.69, 9.17) is 9.47 Å². The molecule has 1 aromatic rings. The molecule has 1 rings (SSSR count). The molecule has 1 aromatic heterocycles. The van der Waals surface area contributed by atoms with Gasteiger partial charge in [0.15, 0.2) is 0 Å². The molecular formula is C18H34N4O3. The summed E-state index contributed by atoms with van der Waals surface area (Å²) in [4.78, 5) is 11.1. The fourth-order valence-corrected chi connectivity index (χ4v) is 2.25. The summed E-state index contributed by atoms with van der Waals surface area (Å²) < 4.78 is 13.4. The van der Waals surface area contributed by atoms with Crippen LogP contribution in [0.25, 0.3) is 0 Å². The van der Waals surface area contributed by atoms with Crippen molar-refractivity contribution in [2.24, 2.45) is 0 Å². The smallest absolute Gasteiger partial charge is 0.129 e. The van der Waals surface area contributed by atoms with Gasteiger partial charge in [0.25, 0.3) is 0 Å². The third-order valence-corrected chi connectivity index (χ3v) is 4.19. The molecule has 0 aliphatic carbocycles. The average molecular weight is 354 g/mol. The largest absolute Gasteiger partial charge is 0.375 e. The van der Waals surface area contributed by atoms with Crippen molar-refractivity contribution in [3.05, 3.63) is 11.9 Å². The van der Waals surface area contributed by atoms with Crippen molar-refractivity contribution in [3.8, 4) is 0 Å². The minimum Gasteiger partial charge on any atom is -0.375 e. The lowest BCUT2D eigenvalue weighted by atomic mass is 9.99. The van der Waals surface area contributed by atoms with E-state index in [0.717, 1.165) is 25.1 Å². The third-order valence-electron chi connectivity index (χ3n) is 4.19. The molecule has 1 N–H and O–H groups in total. The SMILES string of the molecule is CNCCOCc1cn(C(C)(C)CCOC(C)(C)CCC(C)=O)nn1. The van der Waals surface area contributed by atoms with Gasteiger partial charge in [-0.15, -0.1) is 5.10 Å². The second-order valence-electron chi connectivity index (χ2n) is 7.68. The molecule has 0 radical (unpaired) electrons. The predicted molar refractivity (Wildman–Crippen MR) is 97.5 cm³/mol. The minimum absolute atomic E-state index is 0.198. The Bertz CT molecular complexity index is 526. The highest BCUT2D eigenvalue weighted by atomic mass is 16.5. The molecule has 0 aromatic carbocycles. The minimum atomic E-state index is -0.295. The first-order valence-electron chi connectivity index (χ1n) is 8.94. The van der Waals surface area contributed by atoms with Crippen molar-refractivity contribution < 1.29 is 14.3 Å². The number of ketones is 1. The van der Waals surface area contributed by atoms with Gasteiger partial charge in [-0.1, -0.05) is 5.21 Å². The fraction of sp³-hybridized carbons (Fsp3) is 0.833. The first kappa shape index (κ1) is 21.7. The van der Waals surface area contributed by atoms with Crippen molar-refractivity contribution in [2.75, 3.05) is 26.8 Å². The molecule has 0 aliphatic rings. The zero-order valence-corrected chi connectivity index (χ0v) is 16.6. The van der Waals surface area contributed by atoms with E-state index in [1.807, 2.05) is 31.8 Å². The van der Waals surface area contributed by atoms with Gasteiger partial charge in [0.05, 0.1) is 30.6 Å². The van der Waals surface area contributed by atoms with Crippen LogP contribution in [0, 0.1) is 0 Å². The van der Waals surface area contributed by atoms with Gasteiger partial charge in [-0.3, -0.25) is 0 Å². The van der Waals surface area contributed by atoms with Gasteiger partial charge in [-0.25, -0.2) is 4.68 Å². The fourth-order valence-electron chi connectivity index (χ4n) is 2.25. The number of ether oxygens (including phenoxy) is 2. The number of carbonyl (C=O) groups excluding carboxylic acids is 1. The van der Waals surface area contributed by atoms with E-state index >= 15 is 0 Å². The molecule has 144 valence electrons. The molecule has 1 heterocycles. The van der Waals surface area contributed by atoms with Crippen LogP contribution in [0.2, 0.25) is 0 Å². The molecule has 0 aliphatic heterocycles. The van der Waals surface area contributed by atoms with Gasteiger partial charge in [-0.05, 0) is 54.5 Å². The first-order valence-corrected chi connectivity index (χ1v) is 8.94. The summed E-state index contributed by atoms with van der Waals surface area (Å²) in [7, 11) is 1.89. The predicted octanol–water partition coefficient (Wildman–Crippen LogP) is 2.30. The Balaban J connectivity index is 2.44. The van der Waals surface area contributed by atoms with Gasteiger partial charge < -0.3 is 19.6 Å². The standard InChI is InChI=1S/C18H34N4O3/c1-15(23)7-8-18(4,5)25-11-9-17(2,3)22-13-16(20-21-22)14-24-12-10-19-6/h13,19H,7-12,14H2,1-6H3. The highest BCUT2D eigenvalue weighted by Crippen LogP contribution is 2.22. The van der Waals surface area contributed by atoms with Gasteiger partial charge in [0, 0.05) is 19.6 Å². The monoisotopic (exact) mass is 354 g/mol. The lowest BCUT2D eigenvalue weighted by Crippen LogP contribution is -2.32. The van der Waals surface area contributed by atoms with Crippen LogP contribution < -0.4 is 5.32 Å². The van der Waals surface area contributed by atoms with Gasteiger partial charge in [0.1, 0.15) is 11.5 Å². The number of hydrogen-bond acceptors (Lipinski definition) is 6. The van der Waals surface area contributed by atoms with Crippen molar-refractivity contribution in [3.63, 3.8) is 0 Å². The van der Waals surface area contributed by atoms with Crippen LogP contribution in [-0.2, 0) is 26.4 Å². The summed E-state index contributed by atoms with van der Waals surface area (Å²) in [5.74, 6) is 0.198. The normalized spacial score (nSPS) is 12.6. The van der Waals surface area contributed by atoms with Crippen LogP contribution in [0.3, 0.4) is 0 Å². The van der Waals surface area contributed by atoms with Crippen molar-refractivity contribution in [1.82, 2.24) is 20.3 Å². The molecule has 0 atom stereocenters. The zero-order chi connectivity index (χ0) is 18.9. The van der Waals surface area contributed by atoms with Crippen LogP contribution in [0.1, 0.15) is 59.6 Å². The van der Waals surface area contributed by atoms with Crippen LogP contribution in [-0.4, -0.2) is 53.2 Å². The van der Waals surface area contributed by atoms with Crippen molar-refractivity contribution in [1.29, 1.82) is 0 Å².